The van der Waals surface area contributed by atoms with Gasteiger partial charge in [0, 0.05) is 0 Å². The lowest BCUT2D eigenvalue weighted by atomic mass is 9.90. The highest BCUT2D eigenvalue weighted by Gasteiger charge is 2.76. The van der Waals surface area contributed by atoms with Crippen LogP contribution in [0.15, 0.2) is 0 Å². The van der Waals surface area contributed by atoms with Crippen LogP contribution in [0.3, 0.4) is 0 Å². The van der Waals surface area contributed by atoms with Crippen LogP contribution >= 0.6 is 0 Å². The smallest absolute Gasteiger partial charge is 0.338 e. The molecule has 0 bridgehead atoms. The second kappa shape index (κ2) is 7.13. The van der Waals surface area contributed by atoms with Crippen molar-refractivity contribution in [2.45, 2.75) is 89.1 Å². The Morgan fingerprint density at radius 2 is 1.68 bits per heavy atom. The number of rotatable bonds is 8. The molecule has 3 atom stereocenters. The molecule has 1 saturated heterocycles. The van der Waals surface area contributed by atoms with Gasteiger partial charge < -0.3 is 9.16 Å². The minimum absolute atomic E-state index is 0.165. The maximum Gasteiger partial charge on any atom is 0.338 e. The first-order valence-corrected chi connectivity index (χ1v) is 11.1. The molecule has 1 aliphatic heterocycles. The summed E-state index contributed by atoms with van der Waals surface area (Å²) >= 11 is 0. The van der Waals surface area contributed by atoms with Gasteiger partial charge in [-0.15, -0.1) is 0 Å². The van der Waals surface area contributed by atoms with E-state index in [4.69, 9.17) is 9.16 Å². The lowest BCUT2D eigenvalue weighted by molar-refractivity contribution is -0.221. The average Bonchev–Trinajstić information content (AvgIpc) is 2.55. The number of hydrogen-bond acceptors (Lipinski definition) is 2. The topological polar surface area (TPSA) is 18.5 Å². The van der Waals surface area contributed by atoms with Gasteiger partial charge in [-0.05, 0) is 26.1 Å². The summed E-state index contributed by atoms with van der Waals surface area (Å²) in [5.74, 6) is -4.36. The predicted molar refractivity (Wildman–Crippen MR) is 76.6 cm³/mol. The van der Waals surface area contributed by atoms with Gasteiger partial charge in [-0.2, -0.15) is 8.78 Å². The standard InChI is InChI=1S/C14H25F5O2Si/c1-5-6-7-8-9-10-13(17,11(15)16)14(18,19)12(20-10)21-22(2,3)4/h10-12H,5-9H2,1-4H3. The maximum absolute atomic E-state index is 14.5. The molecule has 22 heavy (non-hydrogen) atoms. The van der Waals surface area contributed by atoms with Gasteiger partial charge in [-0.25, -0.2) is 13.2 Å². The fraction of sp³-hybridized carbons (Fsp3) is 1.00. The minimum Gasteiger partial charge on any atom is -0.389 e. The third-order valence-corrected chi connectivity index (χ3v) is 4.58. The first-order chi connectivity index (χ1) is 9.96. The number of halogens is 5. The van der Waals surface area contributed by atoms with E-state index >= 15 is 0 Å². The molecule has 0 saturated carbocycles. The number of unbranched alkanes of at least 4 members (excludes halogenated alkanes) is 3. The van der Waals surface area contributed by atoms with Crippen LogP contribution in [-0.4, -0.2) is 38.7 Å². The minimum atomic E-state index is -4.36. The van der Waals surface area contributed by atoms with Crippen LogP contribution in [0.5, 0.6) is 0 Å². The van der Waals surface area contributed by atoms with Crippen molar-refractivity contribution < 1.29 is 31.1 Å². The van der Waals surface area contributed by atoms with Gasteiger partial charge >= 0.3 is 5.92 Å². The third-order valence-electron chi connectivity index (χ3n) is 3.66. The van der Waals surface area contributed by atoms with Gasteiger partial charge in [-0.3, -0.25) is 0 Å². The summed E-state index contributed by atoms with van der Waals surface area (Å²) in [4.78, 5) is 0. The Morgan fingerprint density at radius 3 is 2.14 bits per heavy atom. The zero-order valence-corrected chi connectivity index (χ0v) is 14.5. The van der Waals surface area contributed by atoms with E-state index in [0.717, 1.165) is 12.8 Å². The van der Waals surface area contributed by atoms with Crippen molar-refractivity contribution >= 4 is 8.32 Å². The van der Waals surface area contributed by atoms with Gasteiger partial charge in [0.25, 0.3) is 12.1 Å². The molecule has 8 heteroatoms. The summed E-state index contributed by atoms with van der Waals surface area (Å²) in [7, 11) is -2.50. The van der Waals surface area contributed by atoms with Crippen LogP contribution in [0.4, 0.5) is 22.0 Å². The monoisotopic (exact) mass is 348 g/mol. The van der Waals surface area contributed by atoms with Crippen LogP contribution in [0.1, 0.15) is 39.0 Å². The quantitative estimate of drug-likeness (QED) is 0.343. The summed E-state index contributed by atoms with van der Waals surface area (Å²) < 4.78 is 79.1. The second-order valence-corrected chi connectivity index (χ2v) is 11.2. The Bertz CT molecular complexity index is 362. The van der Waals surface area contributed by atoms with Crippen molar-refractivity contribution in [3.8, 4) is 0 Å². The summed E-state index contributed by atoms with van der Waals surface area (Å²) in [6.45, 7) is 6.80. The molecule has 3 unspecified atom stereocenters. The zero-order chi connectivity index (χ0) is 17.2. The zero-order valence-electron chi connectivity index (χ0n) is 13.5. The first-order valence-electron chi connectivity index (χ1n) is 7.65. The largest absolute Gasteiger partial charge is 0.389 e. The van der Waals surface area contributed by atoms with Gasteiger partial charge in [0.05, 0.1) is 0 Å². The molecule has 0 aromatic carbocycles. The molecule has 1 aliphatic rings. The van der Waals surface area contributed by atoms with Crippen LogP contribution in [0.2, 0.25) is 19.6 Å². The van der Waals surface area contributed by atoms with E-state index < -0.39 is 38.7 Å². The Kier molecular flexibility index (Phi) is 6.43. The molecule has 0 aliphatic carbocycles. The van der Waals surface area contributed by atoms with Crippen LogP contribution in [-0.2, 0) is 9.16 Å². The summed E-state index contributed by atoms with van der Waals surface area (Å²) in [5, 5.41) is 0. The summed E-state index contributed by atoms with van der Waals surface area (Å²) in [6, 6.07) is 0. The molecular weight excluding hydrogens is 323 g/mol. The second-order valence-electron chi connectivity index (χ2n) is 6.73. The van der Waals surface area contributed by atoms with E-state index in [0.29, 0.717) is 12.8 Å². The third kappa shape index (κ3) is 4.00. The number of ether oxygens (including phenoxy) is 1. The molecule has 2 nitrogen and oxygen atoms in total. The fourth-order valence-electron chi connectivity index (χ4n) is 2.47. The van der Waals surface area contributed by atoms with Gasteiger partial charge in [0.2, 0.25) is 6.29 Å². The molecule has 1 rings (SSSR count). The lowest BCUT2D eigenvalue weighted by Crippen LogP contribution is -2.56. The molecule has 0 aromatic heterocycles. The maximum atomic E-state index is 14.5. The van der Waals surface area contributed by atoms with Gasteiger partial charge in [-0.1, -0.05) is 32.6 Å². The average molecular weight is 348 g/mol. The van der Waals surface area contributed by atoms with E-state index in [1.807, 2.05) is 6.92 Å². The molecular formula is C14H25F5O2Si. The SMILES string of the molecule is CCCCCCC1OC(O[Si](C)(C)C)C(F)(F)C1(F)C(F)F. The molecule has 0 spiro atoms. The van der Waals surface area contributed by atoms with Gasteiger partial charge in [0.1, 0.15) is 6.10 Å². The normalized spacial score (nSPS) is 31.9. The van der Waals surface area contributed by atoms with Crippen LogP contribution in [0, 0.1) is 0 Å². The Hall–Kier alpha value is -0.213. The van der Waals surface area contributed by atoms with E-state index in [1.54, 1.807) is 19.6 Å². The fourth-order valence-corrected chi connectivity index (χ4v) is 3.32. The van der Waals surface area contributed by atoms with Crippen molar-refractivity contribution in [3.05, 3.63) is 0 Å². The molecule has 132 valence electrons. The number of alkyl halides is 5. The predicted octanol–water partition coefficient (Wildman–Crippen LogP) is 5.14. The van der Waals surface area contributed by atoms with Crippen molar-refractivity contribution in [1.29, 1.82) is 0 Å². The highest BCUT2D eigenvalue weighted by Crippen LogP contribution is 2.52. The molecule has 0 N–H and O–H groups in total. The molecule has 1 heterocycles. The number of hydrogen-bond donors (Lipinski definition) is 0. The van der Waals surface area contributed by atoms with Crippen molar-refractivity contribution in [2.24, 2.45) is 0 Å². The van der Waals surface area contributed by atoms with Crippen molar-refractivity contribution in [2.75, 3.05) is 0 Å². The molecule has 0 radical (unpaired) electrons. The highest BCUT2D eigenvalue weighted by atomic mass is 28.4. The van der Waals surface area contributed by atoms with Gasteiger partial charge in [0.15, 0.2) is 8.32 Å². The van der Waals surface area contributed by atoms with Crippen LogP contribution in [0.25, 0.3) is 0 Å². The van der Waals surface area contributed by atoms with E-state index in [1.165, 1.54) is 0 Å². The summed E-state index contributed by atoms with van der Waals surface area (Å²) in [6.07, 6.45) is -5.30. The Labute approximate surface area is 129 Å². The van der Waals surface area contributed by atoms with E-state index in [9.17, 15) is 22.0 Å². The first kappa shape index (κ1) is 19.8. The lowest BCUT2D eigenvalue weighted by Gasteiger charge is -2.31. The molecule has 0 amide bonds. The molecule has 1 fully saturated rings. The summed E-state index contributed by atoms with van der Waals surface area (Å²) in [5.41, 5.74) is -4.00. The van der Waals surface area contributed by atoms with Crippen LogP contribution < -0.4 is 0 Å². The van der Waals surface area contributed by atoms with Crippen molar-refractivity contribution in [3.63, 3.8) is 0 Å². The highest BCUT2D eigenvalue weighted by molar-refractivity contribution is 6.69. The van der Waals surface area contributed by atoms with E-state index in [2.05, 4.69) is 0 Å². The molecule has 0 aromatic rings. The van der Waals surface area contributed by atoms with E-state index in [-0.39, 0.29) is 6.42 Å². The Balaban J connectivity index is 2.91. The Morgan fingerprint density at radius 1 is 1.09 bits per heavy atom. The van der Waals surface area contributed by atoms with Crippen molar-refractivity contribution in [1.82, 2.24) is 0 Å².